The van der Waals surface area contributed by atoms with Gasteiger partial charge in [0, 0.05) is 3.57 Å². The first kappa shape index (κ1) is 14.8. The average molecular weight is 392 g/mol. The molecule has 2 aromatic rings. The van der Waals surface area contributed by atoms with Gasteiger partial charge in [-0.2, -0.15) is 13.2 Å². The van der Waals surface area contributed by atoms with Crippen molar-refractivity contribution >= 4 is 28.9 Å². The number of hydrogen-bond acceptors (Lipinski definition) is 2. The van der Waals surface area contributed by atoms with Crippen LogP contribution in [0.2, 0.25) is 0 Å². The molecule has 0 amide bonds. The van der Waals surface area contributed by atoms with Crippen LogP contribution < -0.4 is 4.74 Å². The Bertz CT molecular complexity index is 621. The fourth-order valence-corrected chi connectivity index (χ4v) is 1.89. The van der Waals surface area contributed by atoms with Gasteiger partial charge in [-0.3, -0.25) is 4.79 Å². The van der Waals surface area contributed by atoms with Crippen LogP contribution in [0.1, 0.15) is 15.9 Å². The van der Waals surface area contributed by atoms with Crippen LogP contribution in [0.25, 0.3) is 0 Å². The Morgan fingerprint density at radius 3 is 2.25 bits per heavy atom. The standard InChI is InChI=1S/C14H8F3IO2/c15-14(16,17)10-2-1-9(8-19)13(7-10)20-12-5-3-11(18)4-6-12/h1-8H. The Balaban J connectivity index is 2.38. The van der Waals surface area contributed by atoms with Crippen LogP contribution in [0.4, 0.5) is 13.2 Å². The van der Waals surface area contributed by atoms with Gasteiger partial charge in [0.15, 0.2) is 6.29 Å². The smallest absolute Gasteiger partial charge is 0.416 e. The van der Waals surface area contributed by atoms with Crippen LogP contribution in [-0.2, 0) is 6.18 Å². The second-order valence-electron chi connectivity index (χ2n) is 3.92. The molecule has 0 N–H and O–H groups in total. The molecule has 0 bridgehead atoms. The van der Waals surface area contributed by atoms with Crippen molar-refractivity contribution in [2.45, 2.75) is 6.18 Å². The molecule has 0 aromatic heterocycles. The van der Waals surface area contributed by atoms with Crippen LogP contribution in [0.5, 0.6) is 11.5 Å². The van der Waals surface area contributed by atoms with Crippen molar-refractivity contribution in [3.63, 3.8) is 0 Å². The molecule has 0 heterocycles. The molecular weight excluding hydrogens is 384 g/mol. The minimum absolute atomic E-state index is 0.0662. The van der Waals surface area contributed by atoms with E-state index in [9.17, 15) is 18.0 Å². The largest absolute Gasteiger partial charge is 0.457 e. The third-order valence-corrected chi connectivity index (χ3v) is 3.23. The van der Waals surface area contributed by atoms with Crippen LogP contribution in [0, 0.1) is 3.57 Å². The molecule has 0 radical (unpaired) electrons. The quantitative estimate of drug-likeness (QED) is 0.548. The number of alkyl halides is 3. The zero-order valence-electron chi connectivity index (χ0n) is 9.95. The van der Waals surface area contributed by atoms with Gasteiger partial charge in [0.25, 0.3) is 0 Å². The van der Waals surface area contributed by atoms with Gasteiger partial charge in [-0.25, -0.2) is 0 Å². The van der Waals surface area contributed by atoms with Crippen molar-refractivity contribution in [1.82, 2.24) is 0 Å². The van der Waals surface area contributed by atoms with Crippen molar-refractivity contribution in [1.29, 1.82) is 0 Å². The summed E-state index contributed by atoms with van der Waals surface area (Å²) in [5, 5.41) is 0. The molecule has 6 heteroatoms. The van der Waals surface area contributed by atoms with Crippen molar-refractivity contribution in [2.24, 2.45) is 0 Å². The Labute approximate surface area is 126 Å². The lowest BCUT2D eigenvalue weighted by atomic mass is 10.1. The van der Waals surface area contributed by atoms with Crippen molar-refractivity contribution in [3.8, 4) is 11.5 Å². The Kier molecular flexibility index (Phi) is 4.32. The van der Waals surface area contributed by atoms with E-state index in [0.29, 0.717) is 12.0 Å². The predicted molar refractivity (Wildman–Crippen MR) is 76.1 cm³/mol. The van der Waals surface area contributed by atoms with E-state index in [0.717, 1.165) is 21.8 Å². The second-order valence-corrected chi connectivity index (χ2v) is 5.17. The topological polar surface area (TPSA) is 26.3 Å². The van der Waals surface area contributed by atoms with E-state index < -0.39 is 11.7 Å². The molecule has 0 atom stereocenters. The van der Waals surface area contributed by atoms with Crippen molar-refractivity contribution in [3.05, 3.63) is 57.2 Å². The lowest BCUT2D eigenvalue weighted by Gasteiger charge is -2.12. The van der Waals surface area contributed by atoms with Gasteiger partial charge < -0.3 is 4.74 Å². The second kappa shape index (κ2) is 5.82. The fraction of sp³-hybridized carbons (Fsp3) is 0.0714. The number of benzene rings is 2. The van der Waals surface area contributed by atoms with Gasteiger partial charge in [-0.15, -0.1) is 0 Å². The maximum atomic E-state index is 12.7. The highest BCUT2D eigenvalue weighted by Gasteiger charge is 2.31. The predicted octanol–water partition coefficient (Wildman–Crippen LogP) is 4.91. The number of rotatable bonds is 3. The van der Waals surface area contributed by atoms with Gasteiger partial charge in [0.1, 0.15) is 11.5 Å². The highest BCUT2D eigenvalue weighted by molar-refractivity contribution is 14.1. The first-order chi connectivity index (χ1) is 9.40. The normalized spacial score (nSPS) is 11.2. The molecule has 20 heavy (non-hydrogen) atoms. The highest BCUT2D eigenvalue weighted by Crippen LogP contribution is 2.34. The molecule has 0 aliphatic carbocycles. The lowest BCUT2D eigenvalue weighted by Crippen LogP contribution is -2.05. The number of halogens is 4. The summed E-state index contributed by atoms with van der Waals surface area (Å²) in [5.74, 6) is 0.254. The monoisotopic (exact) mass is 392 g/mol. The molecule has 0 aliphatic heterocycles. The van der Waals surface area contributed by atoms with Crippen LogP contribution >= 0.6 is 22.6 Å². The van der Waals surface area contributed by atoms with Crippen LogP contribution in [0.15, 0.2) is 42.5 Å². The minimum Gasteiger partial charge on any atom is -0.457 e. The molecule has 0 fully saturated rings. The number of aldehydes is 1. The van der Waals surface area contributed by atoms with E-state index in [-0.39, 0.29) is 11.3 Å². The summed E-state index contributed by atoms with van der Waals surface area (Å²) in [6, 6.07) is 9.52. The Hall–Kier alpha value is -1.57. The zero-order valence-corrected chi connectivity index (χ0v) is 12.1. The summed E-state index contributed by atoms with van der Waals surface area (Å²) < 4.78 is 44.3. The van der Waals surface area contributed by atoms with Gasteiger partial charge in [0.2, 0.25) is 0 Å². The molecule has 2 nitrogen and oxygen atoms in total. The molecular formula is C14H8F3IO2. The maximum absolute atomic E-state index is 12.7. The van der Waals surface area contributed by atoms with Crippen molar-refractivity contribution in [2.75, 3.05) is 0 Å². The number of hydrogen-bond donors (Lipinski definition) is 0. The molecule has 0 saturated heterocycles. The average Bonchev–Trinajstić information content (AvgIpc) is 2.40. The van der Waals surface area contributed by atoms with Crippen LogP contribution in [-0.4, -0.2) is 6.29 Å². The summed E-state index contributed by atoms with van der Waals surface area (Å²) in [5.41, 5.74) is -0.792. The first-order valence-corrected chi connectivity index (χ1v) is 6.58. The summed E-state index contributed by atoms with van der Waals surface area (Å²) >= 11 is 2.10. The SMILES string of the molecule is O=Cc1ccc(C(F)(F)F)cc1Oc1ccc(I)cc1. The lowest BCUT2D eigenvalue weighted by molar-refractivity contribution is -0.137. The van der Waals surface area contributed by atoms with E-state index >= 15 is 0 Å². The maximum Gasteiger partial charge on any atom is 0.416 e. The van der Waals surface area contributed by atoms with Gasteiger partial charge >= 0.3 is 6.18 Å². The van der Waals surface area contributed by atoms with Gasteiger partial charge in [-0.05, 0) is 65.1 Å². The zero-order chi connectivity index (χ0) is 14.8. The molecule has 0 spiro atoms. The van der Waals surface area contributed by atoms with E-state index in [1.54, 1.807) is 24.3 Å². The van der Waals surface area contributed by atoms with E-state index in [1.165, 1.54) is 0 Å². The third kappa shape index (κ3) is 3.50. The summed E-state index contributed by atoms with van der Waals surface area (Å²) in [6.45, 7) is 0. The molecule has 2 rings (SSSR count). The van der Waals surface area contributed by atoms with Gasteiger partial charge in [-0.1, -0.05) is 0 Å². The number of carbonyl (C=O) groups excluding carboxylic acids is 1. The molecule has 0 aliphatic rings. The summed E-state index contributed by atoms with van der Waals surface area (Å²) in [6.07, 6.45) is -4.02. The molecule has 0 saturated carbocycles. The minimum atomic E-state index is -4.48. The molecule has 104 valence electrons. The van der Waals surface area contributed by atoms with Crippen LogP contribution in [0.3, 0.4) is 0 Å². The molecule has 0 unspecified atom stereocenters. The molecule has 2 aromatic carbocycles. The van der Waals surface area contributed by atoms with E-state index in [2.05, 4.69) is 22.6 Å². The van der Waals surface area contributed by atoms with Gasteiger partial charge in [0.05, 0.1) is 11.1 Å². The fourth-order valence-electron chi connectivity index (χ4n) is 1.53. The first-order valence-electron chi connectivity index (χ1n) is 5.50. The highest BCUT2D eigenvalue weighted by atomic mass is 127. The Morgan fingerprint density at radius 1 is 1.05 bits per heavy atom. The van der Waals surface area contributed by atoms with E-state index in [4.69, 9.17) is 4.74 Å². The number of carbonyl (C=O) groups is 1. The van der Waals surface area contributed by atoms with Crippen molar-refractivity contribution < 1.29 is 22.7 Å². The third-order valence-electron chi connectivity index (χ3n) is 2.51. The summed E-state index contributed by atoms with van der Waals surface area (Å²) in [4.78, 5) is 10.9. The van der Waals surface area contributed by atoms with E-state index in [1.807, 2.05) is 0 Å². The number of ether oxygens (including phenoxy) is 1. The summed E-state index contributed by atoms with van der Waals surface area (Å²) in [7, 11) is 0. The Morgan fingerprint density at radius 2 is 1.70 bits per heavy atom.